The van der Waals surface area contributed by atoms with Gasteiger partial charge in [-0.05, 0) is 18.9 Å². The number of amides is 1. The van der Waals surface area contributed by atoms with Crippen molar-refractivity contribution in [2.24, 2.45) is 0 Å². The molecule has 2 heterocycles. The van der Waals surface area contributed by atoms with Gasteiger partial charge in [0.05, 0.1) is 17.1 Å². The zero-order valence-corrected chi connectivity index (χ0v) is 13.8. The molecular weight excluding hydrogens is 336 g/mol. The third kappa shape index (κ3) is 3.38. The molecule has 1 atom stereocenters. The van der Waals surface area contributed by atoms with Crippen LogP contribution >= 0.6 is 22.9 Å². The van der Waals surface area contributed by atoms with Crippen molar-refractivity contribution in [3.8, 4) is 10.6 Å². The number of halogens is 1. The summed E-state index contributed by atoms with van der Waals surface area (Å²) in [6.45, 7) is 0.497. The summed E-state index contributed by atoms with van der Waals surface area (Å²) in [5.41, 5.74) is 1.48. The summed E-state index contributed by atoms with van der Waals surface area (Å²) in [6, 6.07) is 6.71. The zero-order valence-electron chi connectivity index (χ0n) is 12.2. The molecule has 3 rings (SSSR count). The lowest BCUT2D eigenvalue weighted by molar-refractivity contribution is -0.148. The maximum atomic E-state index is 12.3. The molecule has 0 aliphatic carbocycles. The Bertz CT molecular complexity index is 746. The van der Waals surface area contributed by atoms with E-state index in [2.05, 4.69) is 4.98 Å². The van der Waals surface area contributed by atoms with Crippen LogP contribution in [-0.4, -0.2) is 39.5 Å². The summed E-state index contributed by atoms with van der Waals surface area (Å²) in [6.07, 6.45) is 1.36. The fourth-order valence-electron chi connectivity index (χ4n) is 2.72. The SMILES string of the molecule is O=C(O)[C@H]1CCCN1C(=O)Cc1csc(-c2ccccc2Cl)n1. The van der Waals surface area contributed by atoms with Gasteiger partial charge in [0.25, 0.3) is 0 Å². The Morgan fingerprint density at radius 3 is 2.91 bits per heavy atom. The Balaban J connectivity index is 1.73. The highest BCUT2D eigenvalue weighted by Gasteiger charge is 2.33. The van der Waals surface area contributed by atoms with Gasteiger partial charge in [-0.1, -0.05) is 29.8 Å². The van der Waals surface area contributed by atoms with E-state index in [-0.39, 0.29) is 12.3 Å². The first-order valence-electron chi connectivity index (χ1n) is 7.28. The van der Waals surface area contributed by atoms with Crippen LogP contribution in [0.3, 0.4) is 0 Å². The van der Waals surface area contributed by atoms with Crippen molar-refractivity contribution >= 4 is 34.8 Å². The van der Waals surface area contributed by atoms with Crippen LogP contribution in [0, 0.1) is 0 Å². The van der Waals surface area contributed by atoms with Gasteiger partial charge in [0.2, 0.25) is 5.91 Å². The molecule has 0 bridgehead atoms. The molecule has 1 aliphatic rings. The third-order valence-corrected chi connectivity index (χ3v) is 5.10. The van der Waals surface area contributed by atoms with Crippen molar-refractivity contribution in [1.82, 2.24) is 9.88 Å². The molecule has 1 aliphatic heterocycles. The van der Waals surface area contributed by atoms with Gasteiger partial charge in [-0.2, -0.15) is 0 Å². The number of aromatic nitrogens is 1. The number of nitrogens with zero attached hydrogens (tertiary/aromatic N) is 2. The maximum absolute atomic E-state index is 12.3. The Labute approximate surface area is 142 Å². The fourth-order valence-corrected chi connectivity index (χ4v) is 3.86. The first kappa shape index (κ1) is 16.0. The second-order valence-electron chi connectivity index (χ2n) is 5.38. The summed E-state index contributed by atoms with van der Waals surface area (Å²) < 4.78 is 0. The van der Waals surface area contributed by atoms with Crippen LogP contribution < -0.4 is 0 Å². The van der Waals surface area contributed by atoms with E-state index in [9.17, 15) is 9.59 Å². The van der Waals surface area contributed by atoms with E-state index in [4.69, 9.17) is 16.7 Å². The molecule has 5 nitrogen and oxygen atoms in total. The van der Waals surface area contributed by atoms with Crippen molar-refractivity contribution < 1.29 is 14.7 Å². The highest BCUT2D eigenvalue weighted by molar-refractivity contribution is 7.13. The first-order chi connectivity index (χ1) is 11.1. The van der Waals surface area contributed by atoms with Crippen LogP contribution in [0.25, 0.3) is 10.6 Å². The normalized spacial score (nSPS) is 17.4. The minimum absolute atomic E-state index is 0.116. The van der Waals surface area contributed by atoms with Crippen molar-refractivity contribution in [3.63, 3.8) is 0 Å². The summed E-state index contributed by atoms with van der Waals surface area (Å²) in [7, 11) is 0. The second kappa shape index (κ2) is 6.68. The topological polar surface area (TPSA) is 70.5 Å². The maximum Gasteiger partial charge on any atom is 0.326 e. The quantitative estimate of drug-likeness (QED) is 0.919. The molecular formula is C16H15ClN2O3S. The van der Waals surface area contributed by atoms with E-state index >= 15 is 0 Å². The van der Waals surface area contributed by atoms with Crippen LogP contribution in [0.4, 0.5) is 0 Å². The molecule has 0 radical (unpaired) electrons. The summed E-state index contributed by atoms with van der Waals surface area (Å²) in [5.74, 6) is -1.13. The van der Waals surface area contributed by atoms with E-state index in [1.807, 2.05) is 23.6 Å². The number of rotatable bonds is 4. The minimum Gasteiger partial charge on any atom is -0.480 e. The average Bonchev–Trinajstić information content (AvgIpc) is 3.16. The lowest BCUT2D eigenvalue weighted by Crippen LogP contribution is -2.41. The summed E-state index contributed by atoms with van der Waals surface area (Å²) >= 11 is 7.58. The smallest absolute Gasteiger partial charge is 0.326 e. The Hall–Kier alpha value is -1.92. The van der Waals surface area contributed by atoms with Gasteiger partial charge in [-0.15, -0.1) is 11.3 Å². The lowest BCUT2D eigenvalue weighted by Gasteiger charge is -2.20. The van der Waals surface area contributed by atoms with Crippen LogP contribution in [-0.2, 0) is 16.0 Å². The zero-order chi connectivity index (χ0) is 16.4. The Kier molecular flexibility index (Phi) is 4.63. The highest BCUT2D eigenvalue weighted by atomic mass is 35.5. The molecule has 1 aromatic heterocycles. The predicted molar refractivity (Wildman–Crippen MR) is 88.6 cm³/mol. The average molecular weight is 351 g/mol. The van der Waals surface area contributed by atoms with Crippen LogP contribution in [0.5, 0.6) is 0 Å². The van der Waals surface area contributed by atoms with E-state index in [0.717, 1.165) is 17.0 Å². The largest absolute Gasteiger partial charge is 0.480 e. The van der Waals surface area contributed by atoms with E-state index in [0.29, 0.717) is 23.7 Å². The third-order valence-electron chi connectivity index (χ3n) is 3.85. The van der Waals surface area contributed by atoms with Gasteiger partial charge in [0, 0.05) is 17.5 Å². The summed E-state index contributed by atoms with van der Waals surface area (Å²) in [5, 5.41) is 12.4. The van der Waals surface area contributed by atoms with Gasteiger partial charge in [-0.25, -0.2) is 9.78 Å². The number of carbonyl (C=O) groups is 2. The van der Waals surface area contributed by atoms with E-state index in [1.165, 1.54) is 16.2 Å². The van der Waals surface area contributed by atoms with Gasteiger partial charge in [-0.3, -0.25) is 4.79 Å². The number of thiazole rings is 1. The number of aliphatic carboxylic acids is 1. The molecule has 1 amide bonds. The van der Waals surface area contributed by atoms with E-state index in [1.54, 1.807) is 6.07 Å². The molecule has 2 aromatic rings. The number of likely N-dealkylation sites (tertiary alicyclic amines) is 1. The second-order valence-corrected chi connectivity index (χ2v) is 6.65. The molecule has 1 saturated heterocycles. The van der Waals surface area contributed by atoms with Gasteiger partial charge < -0.3 is 10.0 Å². The Morgan fingerprint density at radius 1 is 1.39 bits per heavy atom. The Morgan fingerprint density at radius 2 is 2.17 bits per heavy atom. The molecule has 1 aromatic carbocycles. The molecule has 1 fully saturated rings. The highest BCUT2D eigenvalue weighted by Crippen LogP contribution is 2.30. The number of hydrogen-bond acceptors (Lipinski definition) is 4. The van der Waals surface area contributed by atoms with Crippen LogP contribution in [0.2, 0.25) is 5.02 Å². The van der Waals surface area contributed by atoms with Crippen molar-refractivity contribution in [3.05, 3.63) is 40.4 Å². The van der Waals surface area contributed by atoms with Crippen molar-refractivity contribution in [1.29, 1.82) is 0 Å². The molecule has 1 N–H and O–H groups in total. The van der Waals surface area contributed by atoms with Crippen LogP contribution in [0.1, 0.15) is 18.5 Å². The standard InChI is InChI=1S/C16H15ClN2O3S/c17-12-5-2-1-4-11(12)15-18-10(9-23-15)8-14(20)19-7-3-6-13(19)16(21)22/h1-2,4-5,9,13H,3,6-8H2,(H,21,22)/t13-/m1/s1. The molecule has 23 heavy (non-hydrogen) atoms. The predicted octanol–water partition coefficient (Wildman–Crippen LogP) is 3.08. The monoisotopic (exact) mass is 350 g/mol. The summed E-state index contributed by atoms with van der Waals surface area (Å²) in [4.78, 5) is 29.4. The number of carboxylic acids is 1. The van der Waals surface area contributed by atoms with Crippen molar-refractivity contribution in [2.75, 3.05) is 6.54 Å². The van der Waals surface area contributed by atoms with Gasteiger partial charge >= 0.3 is 5.97 Å². The fraction of sp³-hybridized carbons (Fsp3) is 0.312. The molecule has 0 spiro atoms. The van der Waals surface area contributed by atoms with Crippen LogP contribution in [0.15, 0.2) is 29.6 Å². The number of carbonyl (C=O) groups excluding carboxylic acids is 1. The minimum atomic E-state index is -0.939. The number of hydrogen-bond donors (Lipinski definition) is 1. The van der Waals surface area contributed by atoms with Gasteiger partial charge in [0.1, 0.15) is 11.0 Å². The lowest BCUT2D eigenvalue weighted by atomic mass is 10.2. The molecule has 120 valence electrons. The van der Waals surface area contributed by atoms with E-state index < -0.39 is 12.0 Å². The first-order valence-corrected chi connectivity index (χ1v) is 8.53. The van der Waals surface area contributed by atoms with Gasteiger partial charge in [0.15, 0.2) is 0 Å². The molecule has 0 unspecified atom stereocenters. The molecule has 0 saturated carbocycles. The van der Waals surface area contributed by atoms with Crippen molar-refractivity contribution in [2.45, 2.75) is 25.3 Å². The molecule has 7 heteroatoms. The number of benzene rings is 1. The number of carboxylic acid groups (broad SMARTS) is 1.